The van der Waals surface area contributed by atoms with Crippen LogP contribution in [0, 0.1) is 11.7 Å². The number of carbonyl (C=O) groups excluding carboxylic acids is 1. The topological polar surface area (TPSA) is 59.0 Å². The van der Waals surface area contributed by atoms with E-state index in [1.165, 1.54) is 12.1 Å². The summed E-state index contributed by atoms with van der Waals surface area (Å²) in [5, 5.41) is 10.1. The van der Waals surface area contributed by atoms with Gasteiger partial charge in [0.05, 0.1) is 7.11 Å². The van der Waals surface area contributed by atoms with E-state index in [-0.39, 0.29) is 36.9 Å². The number of rotatable bonds is 8. The molecule has 0 unspecified atom stereocenters. The maximum Gasteiger partial charge on any atom is 0.410 e. The van der Waals surface area contributed by atoms with Gasteiger partial charge in [-0.2, -0.15) is 0 Å². The largest absolute Gasteiger partial charge is 0.497 e. The number of carbonyl (C=O) groups is 1. The van der Waals surface area contributed by atoms with Crippen LogP contribution < -0.4 is 4.74 Å². The lowest BCUT2D eigenvalue weighted by molar-refractivity contribution is 0.0714. The Morgan fingerprint density at radius 2 is 1.68 bits per heavy atom. The zero-order valence-electron chi connectivity index (χ0n) is 19.3. The lowest BCUT2D eigenvalue weighted by atomic mass is 9.86. The second-order valence-electron chi connectivity index (χ2n) is 8.68. The van der Waals surface area contributed by atoms with Crippen LogP contribution >= 0.6 is 0 Å². The molecule has 0 aliphatic heterocycles. The third-order valence-electron chi connectivity index (χ3n) is 6.60. The minimum Gasteiger partial charge on any atom is -0.497 e. The number of halogens is 1. The lowest BCUT2D eigenvalue weighted by Gasteiger charge is -2.34. The van der Waals surface area contributed by atoms with Gasteiger partial charge in [0.2, 0.25) is 0 Å². The number of amides is 1. The predicted octanol–water partition coefficient (Wildman–Crippen LogP) is 5.53. The molecule has 5 nitrogen and oxygen atoms in total. The maximum absolute atomic E-state index is 13.6. The SMILES string of the molecule is COc1ccc(CN(C(=O)OCc2ccccc2)[C@H]2CC[C@H](CO)[C@H]2c2ccc(F)cc2)cc1. The second kappa shape index (κ2) is 11.2. The zero-order chi connectivity index (χ0) is 23.9. The molecule has 3 aromatic rings. The first-order valence-corrected chi connectivity index (χ1v) is 11.6. The first-order chi connectivity index (χ1) is 16.6. The van der Waals surface area contributed by atoms with Crippen LogP contribution in [0.4, 0.5) is 9.18 Å². The van der Waals surface area contributed by atoms with E-state index in [1.807, 2.05) is 54.6 Å². The predicted molar refractivity (Wildman–Crippen MR) is 128 cm³/mol. The molecule has 34 heavy (non-hydrogen) atoms. The van der Waals surface area contributed by atoms with Gasteiger partial charge >= 0.3 is 6.09 Å². The fraction of sp³-hybridized carbons (Fsp3) is 0.321. The molecule has 0 spiro atoms. The van der Waals surface area contributed by atoms with Crippen molar-refractivity contribution in [1.29, 1.82) is 0 Å². The number of hydrogen-bond donors (Lipinski definition) is 1. The molecule has 0 heterocycles. The standard InChI is InChI=1S/C28H30FNO4/c1-33-25-14-7-20(8-15-25)17-30(28(32)34-19-21-5-3-2-4-6-21)26-16-11-23(18-31)27(26)22-9-12-24(29)13-10-22/h2-10,12-15,23,26-27,31H,11,16-19H2,1H3/t23-,26+,27-/m1/s1. The summed E-state index contributed by atoms with van der Waals surface area (Å²) in [6.45, 7) is 0.544. The first kappa shape index (κ1) is 23.8. The lowest BCUT2D eigenvalue weighted by Crippen LogP contribution is -2.42. The number of benzene rings is 3. The van der Waals surface area contributed by atoms with Crippen molar-refractivity contribution in [3.63, 3.8) is 0 Å². The average Bonchev–Trinajstić information content (AvgIpc) is 3.31. The van der Waals surface area contributed by atoms with Gasteiger partial charge in [-0.15, -0.1) is 0 Å². The van der Waals surface area contributed by atoms with Gasteiger partial charge in [0.15, 0.2) is 0 Å². The van der Waals surface area contributed by atoms with Gasteiger partial charge in [0, 0.05) is 25.1 Å². The van der Waals surface area contributed by atoms with E-state index >= 15 is 0 Å². The fourth-order valence-electron chi connectivity index (χ4n) is 4.84. The molecule has 1 fully saturated rings. The molecule has 0 saturated heterocycles. The Bertz CT molecular complexity index is 1060. The van der Waals surface area contributed by atoms with Gasteiger partial charge < -0.3 is 19.5 Å². The van der Waals surface area contributed by atoms with Crippen LogP contribution in [0.2, 0.25) is 0 Å². The van der Waals surface area contributed by atoms with Gasteiger partial charge in [-0.3, -0.25) is 0 Å². The third-order valence-corrected chi connectivity index (χ3v) is 6.60. The number of hydrogen-bond acceptors (Lipinski definition) is 4. The highest BCUT2D eigenvalue weighted by Gasteiger charge is 2.42. The Kier molecular flexibility index (Phi) is 7.80. The summed E-state index contributed by atoms with van der Waals surface area (Å²) in [5.41, 5.74) is 2.77. The molecule has 178 valence electrons. The summed E-state index contributed by atoms with van der Waals surface area (Å²) >= 11 is 0. The number of methoxy groups -OCH3 is 1. The van der Waals surface area contributed by atoms with Crippen molar-refractivity contribution in [3.8, 4) is 5.75 Å². The van der Waals surface area contributed by atoms with Gasteiger partial charge in [0.1, 0.15) is 18.2 Å². The molecule has 4 rings (SSSR count). The summed E-state index contributed by atoms with van der Waals surface area (Å²) in [6, 6.07) is 23.3. The number of ether oxygens (including phenoxy) is 2. The van der Waals surface area contributed by atoms with E-state index in [0.29, 0.717) is 6.54 Å². The number of nitrogens with zero attached hydrogens (tertiary/aromatic N) is 1. The highest BCUT2D eigenvalue weighted by molar-refractivity contribution is 5.68. The van der Waals surface area contributed by atoms with Crippen molar-refractivity contribution in [2.75, 3.05) is 13.7 Å². The van der Waals surface area contributed by atoms with E-state index in [9.17, 15) is 14.3 Å². The molecule has 1 aliphatic rings. The van der Waals surface area contributed by atoms with Crippen LogP contribution in [0.15, 0.2) is 78.9 Å². The highest BCUT2D eigenvalue weighted by Crippen LogP contribution is 2.43. The van der Waals surface area contributed by atoms with E-state index < -0.39 is 6.09 Å². The Hall–Kier alpha value is -3.38. The Labute approximate surface area is 199 Å². The molecular weight excluding hydrogens is 433 g/mol. The van der Waals surface area contributed by atoms with Crippen molar-refractivity contribution >= 4 is 6.09 Å². The van der Waals surface area contributed by atoms with Crippen molar-refractivity contribution in [2.45, 2.75) is 38.0 Å². The van der Waals surface area contributed by atoms with Crippen molar-refractivity contribution in [2.24, 2.45) is 5.92 Å². The van der Waals surface area contributed by atoms with E-state index in [1.54, 1.807) is 24.1 Å². The number of aliphatic hydroxyl groups is 1. The van der Waals surface area contributed by atoms with E-state index in [4.69, 9.17) is 9.47 Å². The quantitative estimate of drug-likeness (QED) is 0.477. The van der Waals surface area contributed by atoms with Crippen LogP contribution in [0.1, 0.15) is 35.4 Å². The first-order valence-electron chi connectivity index (χ1n) is 11.6. The minimum absolute atomic E-state index is 0.00792. The fourth-order valence-corrected chi connectivity index (χ4v) is 4.84. The van der Waals surface area contributed by atoms with Crippen LogP contribution in [0.25, 0.3) is 0 Å². The van der Waals surface area contributed by atoms with E-state index in [0.717, 1.165) is 35.3 Å². The Balaban J connectivity index is 1.61. The molecule has 1 amide bonds. The third kappa shape index (κ3) is 5.57. The molecular formula is C28H30FNO4. The molecule has 6 heteroatoms. The molecule has 1 N–H and O–H groups in total. The van der Waals surface area contributed by atoms with Crippen molar-refractivity contribution < 1.29 is 23.8 Å². The van der Waals surface area contributed by atoms with Gasteiger partial charge in [-0.05, 0) is 59.7 Å². The highest BCUT2D eigenvalue weighted by atomic mass is 19.1. The molecule has 1 saturated carbocycles. The van der Waals surface area contributed by atoms with Crippen molar-refractivity contribution in [1.82, 2.24) is 4.90 Å². The van der Waals surface area contributed by atoms with Crippen LogP contribution in [-0.4, -0.2) is 35.9 Å². The Morgan fingerprint density at radius 3 is 2.32 bits per heavy atom. The molecule has 3 aromatic carbocycles. The Morgan fingerprint density at radius 1 is 0.971 bits per heavy atom. The van der Waals surface area contributed by atoms with E-state index in [2.05, 4.69) is 0 Å². The summed E-state index contributed by atoms with van der Waals surface area (Å²) < 4.78 is 24.6. The van der Waals surface area contributed by atoms with Crippen molar-refractivity contribution in [3.05, 3.63) is 101 Å². The van der Waals surface area contributed by atoms with Crippen LogP contribution in [0.5, 0.6) is 5.75 Å². The molecule has 0 bridgehead atoms. The second-order valence-corrected chi connectivity index (χ2v) is 8.68. The minimum atomic E-state index is -0.407. The zero-order valence-corrected chi connectivity index (χ0v) is 19.3. The molecule has 0 aromatic heterocycles. The van der Waals surface area contributed by atoms with Gasteiger partial charge in [0.25, 0.3) is 0 Å². The van der Waals surface area contributed by atoms with Gasteiger partial charge in [-0.25, -0.2) is 9.18 Å². The summed E-state index contributed by atoms with van der Waals surface area (Å²) in [5.74, 6) is 0.299. The molecule has 1 aliphatic carbocycles. The summed E-state index contributed by atoms with van der Waals surface area (Å²) in [6.07, 6.45) is 1.09. The normalized spacial score (nSPS) is 19.6. The van der Waals surface area contributed by atoms with Crippen LogP contribution in [-0.2, 0) is 17.9 Å². The summed E-state index contributed by atoms with van der Waals surface area (Å²) in [4.78, 5) is 15.2. The molecule has 3 atom stereocenters. The maximum atomic E-state index is 13.6. The van der Waals surface area contributed by atoms with Gasteiger partial charge in [-0.1, -0.05) is 54.6 Å². The monoisotopic (exact) mass is 463 g/mol. The average molecular weight is 464 g/mol. The summed E-state index contributed by atoms with van der Waals surface area (Å²) in [7, 11) is 1.61. The molecule has 0 radical (unpaired) electrons. The number of aliphatic hydroxyl groups excluding tert-OH is 1. The van der Waals surface area contributed by atoms with Crippen LogP contribution in [0.3, 0.4) is 0 Å². The smallest absolute Gasteiger partial charge is 0.410 e.